The molecule has 18 heavy (non-hydrogen) atoms. The number of nitrogens with zero attached hydrogens (tertiary/aromatic N) is 4. The Hall–Kier alpha value is -1.67. The van der Waals surface area contributed by atoms with E-state index in [2.05, 4.69) is 20.0 Å². The maximum atomic E-state index is 5.34. The highest BCUT2D eigenvalue weighted by Crippen LogP contribution is 2.20. The summed E-state index contributed by atoms with van der Waals surface area (Å²) in [6, 6.07) is 0. The van der Waals surface area contributed by atoms with E-state index in [-0.39, 0.29) is 0 Å². The van der Waals surface area contributed by atoms with Crippen LogP contribution in [0.4, 0.5) is 0 Å². The van der Waals surface area contributed by atoms with Gasteiger partial charge in [-0.05, 0) is 12.2 Å². The molecule has 1 aliphatic heterocycles. The molecule has 0 radical (unpaired) electrons. The lowest BCUT2D eigenvalue weighted by Gasteiger charge is -2.29. The number of ether oxygens (including phenoxy) is 2. The normalized spacial score (nSPS) is 16.2. The SMILES string of the molecule is COc1ncnc2c1[nH]c(=S)n2N1CCOCC1. The molecule has 1 fully saturated rings. The molecule has 7 nitrogen and oxygen atoms in total. The molecule has 1 saturated heterocycles. The van der Waals surface area contributed by atoms with Gasteiger partial charge in [0.15, 0.2) is 10.4 Å². The molecule has 0 unspecified atom stereocenters. The van der Waals surface area contributed by atoms with Crippen molar-refractivity contribution in [1.82, 2.24) is 19.6 Å². The zero-order valence-corrected chi connectivity index (χ0v) is 10.7. The topological polar surface area (TPSA) is 68.2 Å². The van der Waals surface area contributed by atoms with Gasteiger partial charge in [0.1, 0.15) is 11.8 Å². The molecule has 96 valence electrons. The summed E-state index contributed by atoms with van der Waals surface area (Å²) >= 11 is 5.34. The molecule has 0 atom stereocenters. The summed E-state index contributed by atoms with van der Waals surface area (Å²) in [6.07, 6.45) is 1.47. The Morgan fingerprint density at radius 2 is 2.17 bits per heavy atom. The van der Waals surface area contributed by atoms with E-state index in [1.807, 2.05) is 4.68 Å². The maximum absolute atomic E-state index is 5.34. The molecule has 0 amide bonds. The van der Waals surface area contributed by atoms with E-state index in [1.54, 1.807) is 7.11 Å². The van der Waals surface area contributed by atoms with Crippen LogP contribution in [0.3, 0.4) is 0 Å². The highest BCUT2D eigenvalue weighted by molar-refractivity contribution is 7.71. The van der Waals surface area contributed by atoms with Crippen LogP contribution in [0, 0.1) is 4.77 Å². The Balaban J connectivity index is 2.16. The first-order valence-corrected chi connectivity index (χ1v) is 6.05. The first-order valence-electron chi connectivity index (χ1n) is 5.64. The van der Waals surface area contributed by atoms with Crippen LogP contribution in [-0.2, 0) is 4.74 Å². The Kier molecular flexibility index (Phi) is 2.88. The fourth-order valence-electron chi connectivity index (χ4n) is 2.06. The molecule has 3 rings (SSSR count). The summed E-state index contributed by atoms with van der Waals surface area (Å²) in [4.78, 5) is 11.4. The van der Waals surface area contributed by atoms with Crippen LogP contribution in [0.15, 0.2) is 6.33 Å². The largest absolute Gasteiger partial charge is 0.479 e. The van der Waals surface area contributed by atoms with Crippen molar-refractivity contribution in [2.24, 2.45) is 0 Å². The minimum Gasteiger partial charge on any atom is -0.479 e. The summed E-state index contributed by atoms with van der Waals surface area (Å²) in [7, 11) is 1.57. The van der Waals surface area contributed by atoms with Crippen LogP contribution in [-0.4, -0.2) is 53.0 Å². The first kappa shape index (κ1) is 11.4. The molecular formula is C10H13N5O2S. The van der Waals surface area contributed by atoms with E-state index in [0.717, 1.165) is 24.3 Å². The predicted molar refractivity (Wildman–Crippen MR) is 68.0 cm³/mol. The van der Waals surface area contributed by atoms with Crippen LogP contribution in [0.5, 0.6) is 5.88 Å². The number of morpholine rings is 1. The van der Waals surface area contributed by atoms with Gasteiger partial charge < -0.3 is 19.5 Å². The zero-order chi connectivity index (χ0) is 12.5. The fourth-order valence-corrected chi connectivity index (χ4v) is 2.36. The summed E-state index contributed by atoms with van der Waals surface area (Å²) in [6.45, 7) is 2.95. The molecule has 0 spiro atoms. The van der Waals surface area contributed by atoms with Crippen LogP contribution in [0.1, 0.15) is 0 Å². The fraction of sp³-hybridized carbons (Fsp3) is 0.500. The van der Waals surface area contributed by atoms with Gasteiger partial charge in [-0.1, -0.05) is 0 Å². The van der Waals surface area contributed by atoms with Gasteiger partial charge in [0, 0.05) is 0 Å². The molecule has 0 aromatic carbocycles. The third-order valence-corrected chi connectivity index (χ3v) is 3.16. The number of hydrogen-bond donors (Lipinski definition) is 1. The van der Waals surface area contributed by atoms with Gasteiger partial charge in [0.2, 0.25) is 5.88 Å². The first-order chi connectivity index (χ1) is 8.81. The Labute approximate surface area is 108 Å². The Morgan fingerprint density at radius 3 is 2.89 bits per heavy atom. The predicted octanol–water partition coefficient (Wildman–Crippen LogP) is 0.466. The van der Waals surface area contributed by atoms with E-state index < -0.39 is 0 Å². The smallest absolute Gasteiger partial charge is 0.243 e. The van der Waals surface area contributed by atoms with E-state index in [1.165, 1.54) is 6.33 Å². The third-order valence-electron chi connectivity index (χ3n) is 2.88. The van der Waals surface area contributed by atoms with Crippen molar-refractivity contribution in [3.8, 4) is 5.88 Å². The van der Waals surface area contributed by atoms with Gasteiger partial charge in [-0.15, -0.1) is 0 Å². The van der Waals surface area contributed by atoms with Crippen molar-refractivity contribution < 1.29 is 9.47 Å². The quantitative estimate of drug-likeness (QED) is 0.798. The molecule has 3 heterocycles. The molecule has 1 N–H and O–H groups in total. The number of rotatable bonds is 2. The van der Waals surface area contributed by atoms with Gasteiger partial charge >= 0.3 is 0 Å². The molecule has 1 aliphatic rings. The summed E-state index contributed by atoms with van der Waals surface area (Å²) in [5.41, 5.74) is 1.45. The number of fused-ring (bicyclic) bond motifs is 1. The summed E-state index contributed by atoms with van der Waals surface area (Å²) in [5.74, 6) is 0.498. The van der Waals surface area contributed by atoms with Crippen molar-refractivity contribution in [3.63, 3.8) is 0 Å². The molecule has 8 heteroatoms. The van der Waals surface area contributed by atoms with Crippen molar-refractivity contribution in [2.45, 2.75) is 0 Å². The molecule has 0 aliphatic carbocycles. The highest BCUT2D eigenvalue weighted by Gasteiger charge is 2.18. The number of aromatic nitrogens is 4. The second-order valence-electron chi connectivity index (χ2n) is 3.89. The second-order valence-corrected chi connectivity index (χ2v) is 4.28. The molecule has 0 saturated carbocycles. The lowest BCUT2D eigenvalue weighted by Crippen LogP contribution is -2.44. The van der Waals surface area contributed by atoms with Crippen molar-refractivity contribution in [3.05, 3.63) is 11.1 Å². The zero-order valence-electron chi connectivity index (χ0n) is 9.92. The van der Waals surface area contributed by atoms with Crippen LogP contribution in [0.2, 0.25) is 0 Å². The van der Waals surface area contributed by atoms with Crippen LogP contribution >= 0.6 is 12.2 Å². The van der Waals surface area contributed by atoms with E-state index in [9.17, 15) is 0 Å². The standard InChI is InChI=1S/C10H13N5O2S/c1-16-9-7-8(11-6-12-9)15(10(18)13-7)14-2-4-17-5-3-14/h6H,2-5H2,1H3,(H,13,18). The molecule has 2 aromatic heterocycles. The van der Waals surface area contributed by atoms with Crippen LogP contribution in [0.25, 0.3) is 11.2 Å². The second kappa shape index (κ2) is 4.54. The molecule has 2 aromatic rings. The van der Waals surface area contributed by atoms with Gasteiger partial charge in [-0.25, -0.2) is 9.66 Å². The average molecular weight is 267 g/mol. The number of aromatic amines is 1. The maximum Gasteiger partial charge on any atom is 0.243 e. The monoisotopic (exact) mass is 267 g/mol. The minimum atomic E-state index is 0.498. The Morgan fingerprint density at radius 1 is 1.39 bits per heavy atom. The minimum absolute atomic E-state index is 0.498. The summed E-state index contributed by atoms with van der Waals surface area (Å²) in [5, 5.41) is 2.11. The average Bonchev–Trinajstić information content (AvgIpc) is 2.75. The number of hydrogen-bond acceptors (Lipinski definition) is 6. The lowest BCUT2D eigenvalue weighted by atomic mass is 10.5. The van der Waals surface area contributed by atoms with Gasteiger partial charge in [0.05, 0.1) is 33.4 Å². The molecular weight excluding hydrogens is 254 g/mol. The number of methoxy groups -OCH3 is 1. The number of nitrogens with one attached hydrogen (secondary N) is 1. The lowest BCUT2D eigenvalue weighted by molar-refractivity contribution is 0.111. The van der Waals surface area contributed by atoms with E-state index >= 15 is 0 Å². The molecule has 0 bridgehead atoms. The van der Waals surface area contributed by atoms with Gasteiger partial charge in [-0.3, -0.25) is 0 Å². The Bertz CT molecular complexity index is 616. The third kappa shape index (κ3) is 1.73. The van der Waals surface area contributed by atoms with Crippen molar-refractivity contribution in [1.29, 1.82) is 0 Å². The van der Waals surface area contributed by atoms with Gasteiger partial charge in [-0.2, -0.15) is 4.98 Å². The van der Waals surface area contributed by atoms with E-state index in [0.29, 0.717) is 23.9 Å². The van der Waals surface area contributed by atoms with Gasteiger partial charge in [0.25, 0.3) is 0 Å². The number of H-pyrrole nitrogens is 1. The van der Waals surface area contributed by atoms with Crippen molar-refractivity contribution >= 4 is 23.4 Å². The number of imidazole rings is 1. The van der Waals surface area contributed by atoms with Crippen molar-refractivity contribution in [2.75, 3.05) is 38.4 Å². The summed E-state index contributed by atoms with van der Waals surface area (Å²) < 4.78 is 13.0. The van der Waals surface area contributed by atoms with E-state index in [4.69, 9.17) is 21.7 Å². The highest BCUT2D eigenvalue weighted by atomic mass is 32.1. The van der Waals surface area contributed by atoms with Crippen LogP contribution < -0.4 is 9.75 Å².